The Hall–Kier alpha value is -1.01. The van der Waals surface area contributed by atoms with Gasteiger partial charge in [0.05, 0.1) is 6.10 Å². The summed E-state index contributed by atoms with van der Waals surface area (Å²) < 4.78 is 9.14. The van der Waals surface area contributed by atoms with Gasteiger partial charge in [0.15, 0.2) is 5.69 Å². The minimum Gasteiger partial charge on any atom is -0.376 e. The Bertz CT molecular complexity index is 309. The van der Waals surface area contributed by atoms with Gasteiger partial charge in [0.2, 0.25) is 0 Å². The molecule has 1 aromatic rings. The van der Waals surface area contributed by atoms with Crippen LogP contribution in [0.1, 0.15) is 29.8 Å². The first-order valence-electron chi connectivity index (χ1n) is 5.03. The molecule has 1 fully saturated rings. The van der Waals surface area contributed by atoms with Gasteiger partial charge in [-0.1, -0.05) is 4.49 Å². The Kier molecular flexibility index (Phi) is 3.63. The predicted molar refractivity (Wildman–Crippen MR) is 55.8 cm³/mol. The maximum Gasteiger partial charge on any atom is 0.272 e. The molecule has 1 saturated heterocycles. The largest absolute Gasteiger partial charge is 0.376 e. The molecule has 82 valence electrons. The number of carbonyl (C=O) groups is 1. The zero-order valence-corrected chi connectivity index (χ0v) is 9.13. The van der Waals surface area contributed by atoms with Crippen molar-refractivity contribution in [1.82, 2.24) is 14.9 Å². The Morgan fingerprint density at radius 1 is 1.67 bits per heavy atom. The molecule has 1 amide bonds. The summed E-state index contributed by atoms with van der Waals surface area (Å²) >= 11 is 1.18. The summed E-state index contributed by atoms with van der Waals surface area (Å²) in [6.45, 7) is 1.37. The number of hydrogen-bond acceptors (Lipinski definition) is 5. The maximum absolute atomic E-state index is 11.5. The van der Waals surface area contributed by atoms with Crippen molar-refractivity contribution in [3.63, 3.8) is 0 Å². The SMILES string of the molecule is O=C(NCC1CCCCO1)c1csnn1. The van der Waals surface area contributed by atoms with Crippen LogP contribution in [0.4, 0.5) is 0 Å². The summed E-state index contributed by atoms with van der Waals surface area (Å²) in [4.78, 5) is 11.5. The van der Waals surface area contributed by atoms with Crippen LogP contribution in [-0.2, 0) is 4.74 Å². The maximum atomic E-state index is 11.5. The second kappa shape index (κ2) is 5.18. The van der Waals surface area contributed by atoms with Crippen molar-refractivity contribution in [3.8, 4) is 0 Å². The third kappa shape index (κ3) is 2.97. The average molecular weight is 227 g/mol. The van der Waals surface area contributed by atoms with Crippen LogP contribution in [-0.4, -0.2) is 34.7 Å². The lowest BCUT2D eigenvalue weighted by molar-refractivity contribution is 0.0168. The molecule has 0 radical (unpaired) electrons. The topological polar surface area (TPSA) is 64.1 Å². The smallest absolute Gasteiger partial charge is 0.272 e. The average Bonchev–Trinajstić information content (AvgIpc) is 2.81. The molecular formula is C9H13N3O2S. The van der Waals surface area contributed by atoms with Gasteiger partial charge in [0.25, 0.3) is 5.91 Å². The highest BCUT2D eigenvalue weighted by Gasteiger charge is 2.15. The molecule has 0 spiro atoms. The molecule has 1 aromatic heterocycles. The highest BCUT2D eigenvalue weighted by molar-refractivity contribution is 7.03. The second-order valence-electron chi connectivity index (χ2n) is 3.49. The fourth-order valence-corrected chi connectivity index (χ4v) is 1.97. The summed E-state index contributed by atoms with van der Waals surface area (Å²) in [6.07, 6.45) is 3.49. The molecule has 2 rings (SSSR count). The van der Waals surface area contributed by atoms with E-state index in [9.17, 15) is 4.79 Å². The van der Waals surface area contributed by atoms with E-state index < -0.39 is 0 Å². The van der Waals surface area contributed by atoms with Crippen LogP contribution < -0.4 is 5.32 Å². The molecule has 1 atom stereocenters. The van der Waals surface area contributed by atoms with Crippen LogP contribution in [0.15, 0.2) is 5.38 Å². The minimum absolute atomic E-state index is 0.161. The van der Waals surface area contributed by atoms with Crippen LogP contribution in [0.2, 0.25) is 0 Å². The van der Waals surface area contributed by atoms with E-state index in [1.54, 1.807) is 5.38 Å². The van der Waals surface area contributed by atoms with Gasteiger partial charge in [-0.05, 0) is 30.8 Å². The molecule has 1 aliphatic heterocycles. The number of nitrogens with zero attached hydrogens (tertiary/aromatic N) is 2. The summed E-state index contributed by atoms with van der Waals surface area (Å²) in [5, 5.41) is 8.13. The zero-order valence-electron chi connectivity index (χ0n) is 8.31. The zero-order chi connectivity index (χ0) is 10.5. The van der Waals surface area contributed by atoms with Crippen LogP contribution >= 0.6 is 11.5 Å². The highest BCUT2D eigenvalue weighted by Crippen LogP contribution is 2.11. The Morgan fingerprint density at radius 2 is 2.60 bits per heavy atom. The molecule has 0 saturated carbocycles. The monoisotopic (exact) mass is 227 g/mol. The molecule has 1 N–H and O–H groups in total. The third-order valence-corrected chi connectivity index (χ3v) is 2.86. The van der Waals surface area contributed by atoms with E-state index in [2.05, 4.69) is 14.9 Å². The Labute approximate surface area is 92.0 Å². The van der Waals surface area contributed by atoms with Gasteiger partial charge in [-0.15, -0.1) is 5.10 Å². The molecule has 6 heteroatoms. The number of rotatable bonds is 3. The van der Waals surface area contributed by atoms with Crippen molar-refractivity contribution < 1.29 is 9.53 Å². The van der Waals surface area contributed by atoms with Gasteiger partial charge in [-0.3, -0.25) is 4.79 Å². The number of carbonyl (C=O) groups excluding carboxylic acids is 1. The molecule has 5 nitrogen and oxygen atoms in total. The molecule has 0 aliphatic carbocycles. The summed E-state index contributed by atoms with van der Waals surface area (Å²) in [5.41, 5.74) is 0.385. The fourth-order valence-electron chi connectivity index (χ4n) is 1.53. The number of aromatic nitrogens is 2. The lowest BCUT2D eigenvalue weighted by Crippen LogP contribution is -2.35. The van der Waals surface area contributed by atoms with Crippen LogP contribution in [0.5, 0.6) is 0 Å². The molecular weight excluding hydrogens is 214 g/mol. The molecule has 0 aromatic carbocycles. The highest BCUT2D eigenvalue weighted by atomic mass is 32.1. The summed E-state index contributed by atoms with van der Waals surface area (Å²) in [6, 6.07) is 0. The van der Waals surface area contributed by atoms with Gasteiger partial charge >= 0.3 is 0 Å². The van der Waals surface area contributed by atoms with Gasteiger partial charge < -0.3 is 10.1 Å². The number of hydrogen-bond donors (Lipinski definition) is 1. The standard InChI is InChI=1S/C9H13N3O2S/c13-9(8-6-15-12-11-8)10-5-7-3-1-2-4-14-7/h6-7H,1-5H2,(H,10,13). The Morgan fingerprint density at radius 3 is 3.27 bits per heavy atom. The van der Waals surface area contributed by atoms with E-state index in [4.69, 9.17) is 4.74 Å². The van der Waals surface area contributed by atoms with Gasteiger partial charge in [0.1, 0.15) is 0 Å². The van der Waals surface area contributed by atoms with E-state index in [0.717, 1.165) is 19.4 Å². The van der Waals surface area contributed by atoms with Crippen LogP contribution in [0.3, 0.4) is 0 Å². The van der Waals surface area contributed by atoms with E-state index in [0.29, 0.717) is 12.2 Å². The molecule has 0 bridgehead atoms. The van der Waals surface area contributed by atoms with E-state index in [1.165, 1.54) is 18.0 Å². The van der Waals surface area contributed by atoms with Gasteiger partial charge in [-0.25, -0.2) is 0 Å². The fraction of sp³-hybridized carbons (Fsp3) is 0.667. The quantitative estimate of drug-likeness (QED) is 0.831. The molecule has 1 unspecified atom stereocenters. The molecule has 2 heterocycles. The van der Waals surface area contributed by atoms with Gasteiger partial charge in [-0.2, -0.15) is 0 Å². The lowest BCUT2D eigenvalue weighted by Gasteiger charge is -2.22. The first-order valence-corrected chi connectivity index (χ1v) is 5.87. The van der Waals surface area contributed by atoms with Crippen LogP contribution in [0.25, 0.3) is 0 Å². The normalized spacial score (nSPS) is 21.2. The number of nitrogens with one attached hydrogen (secondary N) is 1. The van der Waals surface area contributed by atoms with Crippen molar-refractivity contribution in [3.05, 3.63) is 11.1 Å². The van der Waals surface area contributed by atoms with E-state index >= 15 is 0 Å². The van der Waals surface area contributed by atoms with E-state index in [-0.39, 0.29) is 12.0 Å². The Balaban J connectivity index is 1.75. The molecule has 1 aliphatic rings. The van der Waals surface area contributed by atoms with E-state index in [1.807, 2.05) is 0 Å². The van der Waals surface area contributed by atoms with Crippen LogP contribution in [0, 0.1) is 0 Å². The summed E-state index contributed by atoms with van der Waals surface area (Å²) in [7, 11) is 0. The van der Waals surface area contributed by atoms with Crippen molar-refractivity contribution in [1.29, 1.82) is 0 Å². The third-order valence-electron chi connectivity index (χ3n) is 2.36. The van der Waals surface area contributed by atoms with Gasteiger partial charge in [0, 0.05) is 18.5 Å². The second-order valence-corrected chi connectivity index (χ2v) is 4.10. The molecule has 15 heavy (non-hydrogen) atoms. The lowest BCUT2D eigenvalue weighted by atomic mass is 10.1. The first kappa shape index (κ1) is 10.5. The van der Waals surface area contributed by atoms with Crippen molar-refractivity contribution >= 4 is 17.4 Å². The minimum atomic E-state index is -0.169. The van der Waals surface area contributed by atoms with Crippen molar-refractivity contribution in [2.45, 2.75) is 25.4 Å². The number of amides is 1. The van der Waals surface area contributed by atoms with Crippen molar-refractivity contribution in [2.75, 3.05) is 13.2 Å². The van der Waals surface area contributed by atoms with Crippen molar-refractivity contribution in [2.24, 2.45) is 0 Å². The number of ether oxygens (including phenoxy) is 1. The summed E-state index contributed by atoms with van der Waals surface area (Å²) in [5.74, 6) is -0.169. The first-order chi connectivity index (χ1) is 7.36. The predicted octanol–water partition coefficient (Wildman–Crippen LogP) is 0.837.